The van der Waals surface area contributed by atoms with Gasteiger partial charge in [0.1, 0.15) is 6.07 Å². The van der Waals surface area contributed by atoms with E-state index in [0.717, 1.165) is 6.07 Å². The summed E-state index contributed by atoms with van der Waals surface area (Å²) in [6, 6.07) is 20.4. The lowest BCUT2D eigenvalue weighted by atomic mass is 10.2. The number of hydrogen-bond acceptors (Lipinski definition) is 6. The van der Waals surface area contributed by atoms with E-state index in [0.29, 0.717) is 5.69 Å². The molecule has 4 rings (SSSR count). The predicted octanol–water partition coefficient (Wildman–Crippen LogP) is 3.64. The monoisotopic (exact) mass is 404 g/mol. The minimum Gasteiger partial charge on any atom is -0.258 e. The molecule has 0 bridgehead atoms. The van der Waals surface area contributed by atoms with Gasteiger partial charge in [0, 0.05) is 12.1 Å². The van der Waals surface area contributed by atoms with Crippen LogP contribution in [0.5, 0.6) is 0 Å². The van der Waals surface area contributed by atoms with E-state index in [1.54, 1.807) is 48.5 Å². The van der Waals surface area contributed by atoms with Crippen molar-refractivity contribution in [2.45, 2.75) is 9.79 Å². The van der Waals surface area contributed by atoms with Crippen molar-refractivity contribution >= 4 is 26.4 Å². The Morgan fingerprint density at radius 3 is 2.21 bits per heavy atom. The van der Waals surface area contributed by atoms with Gasteiger partial charge in [-0.2, -0.15) is 10.4 Å². The Kier molecular flexibility index (Phi) is 4.33. The van der Waals surface area contributed by atoms with Gasteiger partial charge in [0.15, 0.2) is 5.69 Å². The van der Waals surface area contributed by atoms with Gasteiger partial charge in [-0.15, -0.1) is 0 Å². The lowest BCUT2D eigenvalue weighted by Gasteiger charge is -2.08. The molecule has 4 aromatic rings. The van der Waals surface area contributed by atoms with E-state index in [-0.39, 0.29) is 26.4 Å². The highest BCUT2D eigenvalue weighted by Crippen LogP contribution is 2.35. The molecule has 0 aliphatic rings. The Bertz CT molecular complexity index is 1390. The van der Waals surface area contributed by atoms with E-state index < -0.39 is 20.4 Å². The largest absolute Gasteiger partial charge is 0.272 e. The molecule has 3 aromatic carbocycles. The third-order valence-electron chi connectivity index (χ3n) is 4.39. The number of para-hydroxylation sites is 1. The molecule has 1 heterocycles. The Balaban J connectivity index is 2.14. The van der Waals surface area contributed by atoms with E-state index in [1.165, 1.54) is 22.9 Å². The molecule has 0 N–H and O–H groups in total. The van der Waals surface area contributed by atoms with Crippen molar-refractivity contribution in [1.29, 1.82) is 5.26 Å². The number of nitrogens with zero attached hydrogens (tertiary/aromatic N) is 4. The third-order valence-corrected chi connectivity index (χ3v) is 6.19. The second kappa shape index (κ2) is 6.85. The van der Waals surface area contributed by atoms with Crippen LogP contribution in [-0.2, 0) is 9.84 Å². The van der Waals surface area contributed by atoms with Gasteiger partial charge in [-0.05, 0) is 24.3 Å². The smallest absolute Gasteiger partial charge is 0.258 e. The Hall–Kier alpha value is -4.03. The second-order valence-corrected chi connectivity index (χ2v) is 8.04. The molecule has 0 spiro atoms. The van der Waals surface area contributed by atoms with Crippen LogP contribution < -0.4 is 0 Å². The zero-order valence-corrected chi connectivity index (χ0v) is 15.6. The third kappa shape index (κ3) is 3.01. The van der Waals surface area contributed by atoms with E-state index in [4.69, 9.17) is 0 Å². The van der Waals surface area contributed by atoms with Crippen LogP contribution in [-0.4, -0.2) is 23.1 Å². The van der Waals surface area contributed by atoms with Gasteiger partial charge in [-0.3, -0.25) is 10.1 Å². The quantitative estimate of drug-likeness (QED) is 0.378. The van der Waals surface area contributed by atoms with E-state index in [2.05, 4.69) is 5.10 Å². The van der Waals surface area contributed by atoms with Crippen LogP contribution >= 0.6 is 0 Å². The molecule has 0 aliphatic heterocycles. The highest BCUT2D eigenvalue weighted by molar-refractivity contribution is 7.91. The summed E-state index contributed by atoms with van der Waals surface area (Å²) in [5.74, 6) is 0. The van der Waals surface area contributed by atoms with E-state index in [9.17, 15) is 23.8 Å². The van der Waals surface area contributed by atoms with Gasteiger partial charge >= 0.3 is 0 Å². The molecule has 142 valence electrons. The molecule has 29 heavy (non-hydrogen) atoms. The number of nitro groups is 1. The van der Waals surface area contributed by atoms with Crippen molar-refractivity contribution in [3.05, 3.63) is 88.6 Å². The summed E-state index contributed by atoms with van der Waals surface area (Å²) in [4.78, 5) is 10.5. The first-order valence-electron chi connectivity index (χ1n) is 8.40. The minimum atomic E-state index is -4.13. The second-order valence-electron chi connectivity index (χ2n) is 6.12. The average molecular weight is 404 g/mol. The van der Waals surface area contributed by atoms with Crippen LogP contribution in [0.25, 0.3) is 16.6 Å². The van der Waals surface area contributed by atoms with Gasteiger partial charge in [-0.1, -0.05) is 36.4 Å². The molecule has 0 saturated heterocycles. The Morgan fingerprint density at radius 2 is 1.62 bits per heavy atom. The number of aromatic nitrogens is 2. The van der Waals surface area contributed by atoms with Crippen molar-refractivity contribution in [3.8, 4) is 11.8 Å². The fourth-order valence-corrected chi connectivity index (χ4v) is 4.60. The predicted molar refractivity (Wildman–Crippen MR) is 104 cm³/mol. The Morgan fingerprint density at radius 1 is 1.00 bits per heavy atom. The summed E-state index contributed by atoms with van der Waals surface area (Å²) in [6.07, 6.45) is 0. The van der Waals surface area contributed by atoms with Crippen molar-refractivity contribution < 1.29 is 13.3 Å². The topological polar surface area (TPSA) is 119 Å². The molecule has 9 heteroatoms. The number of rotatable bonds is 4. The van der Waals surface area contributed by atoms with Crippen LogP contribution in [0.3, 0.4) is 0 Å². The molecular weight excluding hydrogens is 392 g/mol. The van der Waals surface area contributed by atoms with Gasteiger partial charge < -0.3 is 0 Å². The summed E-state index contributed by atoms with van der Waals surface area (Å²) >= 11 is 0. The molecule has 0 fully saturated rings. The van der Waals surface area contributed by atoms with Gasteiger partial charge in [-0.25, -0.2) is 13.1 Å². The molecule has 0 aliphatic carbocycles. The zero-order valence-electron chi connectivity index (χ0n) is 14.8. The van der Waals surface area contributed by atoms with Crippen molar-refractivity contribution in [3.63, 3.8) is 0 Å². The first kappa shape index (κ1) is 18.3. The highest BCUT2D eigenvalue weighted by atomic mass is 32.2. The van der Waals surface area contributed by atoms with Gasteiger partial charge in [0.05, 0.1) is 31.3 Å². The molecule has 8 nitrogen and oxygen atoms in total. The number of benzene rings is 3. The van der Waals surface area contributed by atoms with E-state index in [1.807, 2.05) is 6.07 Å². The summed E-state index contributed by atoms with van der Waals surface area (Å²) in [6.45, 7) is 0. The SMILES string of the molecule is N#Cc1nn(-c2ccccc2)c2cc([N+](=O)[O-])cc(S(=O)(=O)c3ccccc3)c12. The number of hydrogen-bond donors (Lipinski definition) is 0. The maximum atomic E-state index is 13.3. The molecule has 0 radical (unpaired) electrons. The number of non-ortho nitro benzene ring substituents is 1. The molecule has 0 atom stereocenters. The lowest BCUT2D eigenvalue weighted by Crippen LogP contribution is -2.04. The number of nitro benzene ring substituents is 1. The maximum Gasteiger partial charge on any atom is 0.272 e. The van der Waals surface area contributed by atoms with Gasteiger partial charge in [0.25, 0.3) is 5.69 Å². The standard InChI is InChI=1S/C20H12N4O4S/c21-13-17-20-18(23(22-17)14-7-3-1-4-8-14)11-15(24(25)26)12-19(20)29(27,28)16-9-5-2-6-10-16/h1-12H. The average Bonchev–Trinajstić information content (AvgIpc) is 3.13. The van der Waals surface area contributed by atoms with Crippen LogP contribution in [0.1, 0.15) is 5.69 Å². The summed E-state index contributed by atoms with van der Waals surface area (Å²) in [5, 5.41) is 25.3. The zero-order chi connectivity index (χ0) is 20.6. The first-order chi connectivity index (χ1) is 13.9. The fourth-order valence-electron chi connectivity index (χ4n) is 3.08. The molecular formula is C20H12N4O4S. The van der Waals surface area contributed by atoms with Crippen LogP contribution in [0.15, 0.2) is 82.6 Å². The fraction of sp³-hybridized carbons (Fsp3) is 0. The maximum absolute atomic E-state index is 13.3. The normalized spacial score (nSPS) is 11.3. The van der Waals surface area contributed by atoms with Crippen molar-refractivity contribution in [2.75, 3.05) is 0 Å². The number of nitriles is 1. The number of sulfone groups is 1. The van der Waals surface area contributed by atoms with E-state index >= 15 is 0 Å². The van der Waals surface area contributed by atoms with Crippen LogP contribution in [0.2, 0.25) is 0 Å². The van der Waals surface area contributed by atoms with Crippen LogP contribution in [0.4, 0.5) is 5.69 Å². The Labute approximate surface area is 165 Å². The summed E-state index contributed by atoms with van der Waals surface area (Å²) in [5.41, 5.74) is 0.167. The molecule has 0 amide bonds. The highest BCUT2D eigenvalue weighted by Gasteiger charge is 2.28. The summed E-state index contributed by atoms with van der Waals surface area (Å²) in [7, 11) is -4.13. The lowest BCUT2D eigenvalue weighted by molar-refractivity contribution is -0.384. The number of fused-ring (bicyclic) bond motifs is 1. The summed E-state index contributed by atoms with van der Waals surface area (Å²) < 4.78 is 27.9. The first-order valence-corrected chi connectivity index (χ1v) is 9.88. The molecule has 0 saturated carbocycles. The van der Waals surface area contributed by atoms with Crippen LogP contribution in [0, 0.1) is 21.4 Å². The molecule has 1 aromatic heterocycles. The van der Waals surface area contributed by atoms with Gasteiger partial charge in [0.2, 0.25) is 9.84 Å². The van der Waals surface area contributed by atoms with Crippen molar-refractivity contribution in [2.24, 2.45) is 0 Å². The minimum absolute atomic E-state index is 0.0295. The van der Waals surface area contributed by atoms with Crippen molar-refractivity contribution in [1.82, 2.24) is 9.78 Å². The molecule has 0 unspecified atom stereocenters.